The van der Waals surface area contributed by atoms with E-state index >= 15 is 0 Å². The number of aryl methyl sites for hydroxylation is 2. The lowest BCUT2D eigenvalue weighted by molar-refractivity contribution is 0.181. The van der Waals surface area contributed by atoms with Gasteiger partial charge in [-0.25, -0.2) is 0 Å². The Balaban J connectivity index is 0.00000264. The van der Waals surface area contributed by atoms with Crippen molar-refractivity contribution in [2.45, 2.75) is 26.2 Å². The fourth-order valence-corrected chi connectivity index (χ4v) is 2.74. The monoisotopic (exact) mass is 435 g/mol. The molecule has 0 bridgehead atoms. The first kappa shape index (κ1) is 20.2. The molecular formula is C16H30IN5O. The first-order chi connectivity index (χ1) is 10.7. The van der Waals surface area contributed by atoms with Crippen molar-refractivity contribution >= 4 is 29.9 Å². The number of halogens is 1. The molecule has 0 aliphatic carbocycles. The second-order valence-corrected chi connectivity index (χ2v) is 5.97. The van der Waals surface area contributed by atoms with Crippen LogP contribution in [0.2, 0.25) is 0 Å². The summed E-state index contributed by atoms with van der Waals surface area (Å²) in [6.45, 7) is 6.63. The number of hydrogen-bond donors (Lipinski definition) is 1. The molecule has 1 aromatic heterocycles. The fourth-order valence-electron chi connectivity index (χ4n) is 2.74. The third-order valence-electron chi connectivity index (χ3n) is 3.90. The number of guanidine groups is 1. The van der Waals surface area contributed by atoms with Gasteiger partial charge in [-0.3, -0.25) is 9.67 Å². The highest BCUT2D eigenvalue weighted by Gasteiger charge is 2.18. The van der Waals surface area contributed by atoms with Crippen LogP contribution in [0.15, 0.2) is 17.4 Å². The predicted octanol–water partition coefficient (Wildman–Crippen LogP) is 1.90. The van der Waals surface area contributed by atoms with E-state index in [9.17, 15) is 0 Å². The van der Waals surface area contributed by atoms with Gasteiger partial charge in [0.25, 0.3) is 0 Å². The SMILES string of the molecule is CCNC(=NCCCc1cnn(C)c1)N(C)CC1CCOC1.I. The van der Waals surface area contributed by atoms with Crippen LogP contribution in [-0.2, 0) is 18.2 Å². The van der Waals surface area contributed by atoms with E-state index in [1.165, 1.54) is 5.56 Å². The first-order valence-corrected chi connectivity index (χ1v) is 8.23. The summed E-state index contributed by atoms with van der Waals surface area (Å²) in [5, 5.41) is 7.57. The summed E-state index contributed by atoms with van der Waals surface area (Å²) in [4.78, 5) is 6.97. The maximum Gasteiger partial charge on any atom is 0.193 e. The lowest BCUT2D eigenvalue weighted by Gasteiger charge is -2.24. The molecule has 1 aliphatic rings. The van der Waals surface area contributed by atoms with Gasteiger partial charge in [0.1, 0.15) is 0 Å². The summed E-state index contributed by atoms with van der Waals surface area (Å²) in [5.74, 6) is 1.63. The third kappa shape index (κ3) is 7.07. The van der Waals surface area contributed by atoms with Crippen molar-refractivity contribution < 1.29 is 4.74 Å². The van der Waals surface area contributed by atoms with Gasteiger partial charge in [-0.05, 0) is 31.7 Å². The highest BCUT2D eigenvalue weighted by molar-refractivity contribution is 14.0. The van der Waals surface area contributed by atoms with Crippen molar-refractivity contribution in [2.24, 2.45) is 18.0 Å². The zero-order valence-electron chi connectivity index (χ0n) is 14.5. The second-order valence-electron chi connectivity index (χ2n) is 5.97. The topological polar surface area (TPSA) is 54.7 Å². The Labute approximate surface area is 156 Å². The van der Waals surface area contributed by atoms with Crippen LogP contribution in [-0.4, -0.2) is 60.5 Å². The van der Waals surface area contributed by atoms with Crippen LogP contribution in [0, 0.1) is 5.92 Å². The van der Waals surface area contributed by atoms with Gasteiger partial charge in [0.05, 0.1) is 12.8 Å². The molecule has 23 heavy (non-hydrogen) atoms. The Kier molecular flexibility index (Phi) is 9.54. The van der Waals surface area contributed by atoms with Crippen LogP contribution in [0.5, 0.6) is 0 Å². The van der Waals surface area contributed by atoms with Gasteiger partial charge in [-0.2, -0.15) is 5.10 Å². The second kappa shape index (κ2) is 10.9. The molecule has 0 spiro atoms. The normalized spacial score (nSPS) is 17.9. The predicted molar refractivity (Wildman–Crippen MR) is 104 cm³/mol. The van der Waals surface area contributed by atoms with Crippen LogP contribution in [0.25, 0.3) is 0 Å². The number of nitrogens with zero attached hydrogens (tertiary/aromatic N) is 4. The molecule has 7 heteroatoms. The smallest absolute Gasteiger partial charge is 0.193 e. The van der Waals surface area contributed by atoms with E-state index in [-0.39, 0.29) is 24.0 Å². The van der Waals surface area contributed by atoms with Crippen LogP contribution >= 0.6 is 24.0 Å². The third-order valence-corrected chi connectivity index (χ3v) is 3.90. The maximum absolute atomic E-state index is 5.45. The molecular weight excluding hydrogens is 405 g/mol. The van der Waals surface area contributed by atoms with Crippen molar-refractivity contribution in [1.29, 1.82) is 0 Å². The first-order valence-electron chi connectivity index (χ1n) is 8.23. The largest absolute Gasteiger partial charge is 0.381 e. The Morgan fingerprint density at radius 2 is 2.39 bits per heavy atom. The average molecular weight is 435 g/mol. The van der Waals surface area contributed by atoms with Crippen molar-refractivity contribution in [3.63, 3.8) is 0 Å². The summed E-state index contributed by atoms with van der Waals surface area (Å²) in [7, 11) is 4.06. The standard InChI is InChI=1S/C16H29N5O.HI/c1-4-17-16(20(2)11-15-7-9-22-13-15)18-8-5-6-14-10-19-21(3)12-14;/h10,12,15H,4-9,11,13H2,1-3H3,(H,17,18);1H. The van der Waals surface area contributed by atoms with Crippen molar-refractivity contribution in [1.82, 2.24) is 20.0 Å². The average Bonchev–Trinajstić information content (AvgIpc) is 3.14. The minimum Gasteiger partial charge on any atom is -0.381 e. The molecule has 1 unspecified atom stereocenters. The van der Waals surface area contributed by atoms with Crippen LogP contribution < -0.4 is 5.32 Å². The summed E-state index contributed by atoms with van der Waals surface area (Å²) < 4.78 is 7.30. The lowest BCUT2D eigenvalue weighted by atomic mass is 10.1. The van der Waals surface area contributed by atoms with Crippen LogP contribution in [0.4, 0.5) is 0 Å². The molecule has 0 radical (unpaired) electrons. The lowest BCUT2D eigenvalue weighted by Crippen LogP contribution is -2.41. The zero-order chi connectivity index (χ0) is 15.8. The van der Waals surface area contributed by atoms with E-state index in [1.54, 1.807) is 0 Å². The molecule has 2 heterocycles. The molecule has 1 N–H and O–H groups in total. The molecule has 1 saturated heterocycles. The van der Waals surface area contributed by atoms with Gasteiger partial charge < -0.3 is 15.0 Å². The molecule has 2 rings (SSSR count). The summed E-state index contributed by atoms with van der Waals surface area (Å²) in [5.41, 5.74) is 1.28. The number of hydrogen-bond acceptors (Lipinski definition) is 3. The molecule has 0 saturated carbocycles. The van der Waals surface area contributed by atoms with Crippen molar-refractivity contribution in [3.8, 4) is 0 Å². The molecule has 0 amide bonds. The van der Waals surface area contributed by atoms with Gasteiger partial charge in [-0.1, -0.05) is 0 Å². The number of rotatable bonds is 7. The van der Waals surface area contributed by atoms with Crippen LogP contribution in [0.1, 0.15) is 25.3 Å². The highest BCUT2D eigenvalue weighted by atomic mass is 127. The number of aliphatic imine (C=N–C) groups is 1. The Morgan fingerprint density at radius 3 is 3.00 bits per heavy atom. The number of nitrogens with one attached hydrogen (secondary N) is 1. The minimum absolute atomic E-state index is 0. The van der Waals surface area contributed by atoms with Crippen LogP contribution in [0.3, 0.4) is 0 Å². The van der Waals surface area contributed by atoms with Gasteiger partial charge in [0.15, 0.2) is 5.96 Å². The summed E-state index contributed by atoms with van der Waals surface area (Å²) in [6.07, 6.45) is 7.23. The van der Waals surface area contributed by atoms with Gasteiger partial charge in [0, 0.05) is 52.5 Å². The Hall–Kier alpha value is -0.830. The van der Waals surface area contributed by atoms with Gasteiger partial charge in [-0.15, -0.1) is 24.0 Å². The Morgan fingerprint density at radius 1 is 1.57 bits per heavy atom. The van der Waals surface area contributed by atoms with E-state index in [0.717, 1.165) is 58.1 Å². The summed E-state index contributed by atoms with van der Waals surface area (Å²) in [6, 6.07) is 0. The molecule has 1 atom stereocenters. The van der Waals surface area contributed by atoms with E-state index in [1.807, 2.05) is 17.9 Å². The number of aromatic nitrogens is 2. The van der Waals surface area contributed by atoms with Gasteiger partial charge in [0.2, 0.25) is 0 Å². The van der Waals surface area contributed by atoms with E-state index in [2.05, 4.69) is 35.5 Å². The quantitative estimate of drug-likeness (QED) is 0.308. The van der Waals surface area contributed by atoms with E-state index < -0.39 is 0 Å². The van der Waals surface area contributed by atoms with E-state index in [0.29, 0.717) is 5.92 Å². The maximum atomic E-state index is 5.45. The summed E-state index contributed by atoms with van der Waals surface area (Å²) >= 11 is 0. The molecule has 0 aromatic carbocycles. The fraction of sp³-hybridized carbons (Fsp3) is 0.750. The van der Waals surface area contributed by atoms with Gasteiger partial charge >= 0.3 is 0 Å². The van der Waals surface area contributed by atoms with Crippen molar-refractivity contribution in [2.75, 3.05) is 39.9 Å². The zero-order valence-corrected chi connectivity index (χ0v) is 16.8. The molecule has 132 valence electrons. The molecule has 1 aromatic rings. The molecule has 1 fully saturated rings. The minimum atomic E-state index is 0. The van der Waals surface area contributed by atoms with Crippen molar-refractivity contribution in [3.05, 3.63) is 18.0 Å². The highest BCUT2D eigenvalue weighted by Crippen LogP contribution is 2.13. The van der Waals surface area contributed by atoms with E-state index in [4.69, 9.17) is 9.73 Å². The Bertz CT molecular complexity index is 471. The molecule has 1 aliphatic heterocycles. The number of ether oxygens (including phenoxy) is 1. The molecule has 6 nitrogen and oxygen atoms in total.